The Balaban J connectivity index is 3.56. The van der Waals surface area contributed by atoms with Gasteiger partial charge in [-0.3, -0.25) is 4.79 Å². The summed E-state index contributed by atoms with van der Waals surface area (Å²) in [4.78, 5) is 12.4. The zero-order valence-electron chi connectivity index (χ0n) is 30.3. The third-order valence-electron chi connectivity index (χ3n) is 9.37. The van der Waals surface area contributed by atoms with Gasteiger partial charge in [0.15, 0.2) is 0 Å². The fourth-order valence-corrected chi connectivity index (χ4v) is 6.22. The second-order valence-corrected chi connectivity index (χ2v) is 13.8. The molecule has 0 heterocycles. The minimum atomic E-state index is -1.15. The van der Waals surface area contributed by atoms with Gasteiger partial charge in [0.2, 0.25) is 5.91 Å². The van der Waals surface area contributed by atoms with Crippen molar-refractivity contribution >= 4 is 5.91 Å². The van der Waals surface area contributed by atoms with E-state index >= 15 is 0 Å². The first-order chi connectivity index (χ1) is 22.1. The Labute approximate surface area is 280 Å². The number of carbonyl (C=O) groups is 1. The lowest BCUT2D eigenvalue weighted by Gasteiger charge is -2.26. The van der Waals surface area contributed by atoms with Crippen LogP contribution < -0.4 is 5.32 Å². The molecule has 268 valence electrons. The Hall–Kier alpha value is -0.910. The average Bonchev–Trinajstić information content (AvgIpc) is 3.04. The van der Waals surface area contributed by atoms with Crippen molar-refractivity contribution in [2.24, 2.45) is 0 Å². The van der Waals surface area contributed by atoms with Crippen molar-refractivity contribution in [2.45, 2.75) is 231 Å². The number of aliphatic hydroxyl groups is 3. The highest BCUT2D eigenvalue weighted by Crippen LogP contribution is 2.16. The molecule has 0 aromatic carbocycles. The molecule has 5 heteroatoms. The Morgan fingerprint density at radius 3 is 1.29 bits per heavy atom. The van der Waals surface area contributed by atoms with Gasteiger partial charge in [0.1, 0.15) is 6.10 Å². The summed E-state index contributed by atoms with van der Waals surface area (Å²) in [6.07, 6.45) is 40.4. The van der Waals surface area contributed by atoms with E-state index in [0.717, 1.165) is 38.5 Å². The lowest BCUT2D eigenvalue weighted by molar-refractivity contribution is -0.124. The molecule has 3 atom stereocenters. The molecule has 0 fully saturated rings. The van der Waals surface area contributed by atoms with Crippen LogP contribution >= 0.6 is 0 Å². The minimum absolute atomic E-state index is 0.153. The SMILES string of the molecule is CCCCCC/C=C/CCCC(O)C(O)C(CO)NC(=O)CCCCCCCCCCCCCCCCCCCCCCCC. The van der Waals surface area contributed by atoms with Gasteiger partial charge >= 0.3 is 0 Å². The van der Waals surface area contributed by atoms with Gasteiger partial charge in [-0.2, -0.15) is 0 Å². The maximum atomic E-state index is 12.4. The Bertz CT molecular complexity index is 625. The highest BCUT2D eigenvalue weighted by molar-refractivity contribution is 5.76. The maximum Gasteiger partial charge on any atom is 0.220 e. The predicted octanol–water partition coefficient (Wildman–Crippen LogP) is 10.9. The molecule has 0 aliphatic rings. The summed E-state index contributed by atoms with van der Waals surface area (Å²) in [5.41, 5.74) is 0. The summed E-state index contributed by atoms with van der Waals surface area (Å²) in [5.74, 6) is -0.153. The standard InChI is InChI=1S/C40H79NO4/c1-3-5-7-9-11-13-14-15-16-17-18-19-20-21-22-23-24-25-27-29-31-33-35-39(44)41-37(36-42)40(45)38(43)34-32-30-28-26-12-10-8-6-4-2/h26,28,37-38,40,42-43,45H,3-25,27,29-36H2,1-2H3,(H,41,44)/b28-26+. The van der Waals surface area contributed by atoms with Crippen molar-refractivity contribution in [1.82, 2.24) is 5.32 Å². The predicted molar refractivity (Wildman–Crippen MR) is 195 cm³/mol. The molecule has 5 nitrogen and oxygen atoms in total. The summed E-state index contributed by atoms with van der Waals surface area (Å²) in [5, 5.41) is 33.2. The van der Waals surface area contributed by atoms with Gasteiger partial charge in [0.25, 0.3) is 0 Å². The van der Waals surface area contributed by atoms with Crippen molar-refractivity contribution in [2.75, 3.05) is 6.61 Å². The molecule has 0 radical (unpaired) electrons. The van der Waals surface area contributed by atoms with E-state index < -0.39 is 18.2 Å². The Morgan fingerprint density at radius 1 is 0.533 bits per heavy atom. The molecule has 0 aliphatic heterocycles. The molecule has 0 aromatic heterocycles. The van der Waals surface area contributed by atoms with E-state index in [9.17, 15) is 20.1 Å². The highest BCUT2D eigenvalue weighted by atomic mass is 16.3. The number of nitrogens with one attached hydrogen (secondary N) is 1. The van der Waals surface area contributed by atoms with Gasteiger partial charge in [-0.15, -0.1) is 0 Å². The van der Waals surface area contributed by atoms with Crippen LogP contribution in [0.5, 0.6) is 0 Å². The van der Waals surface area contributed by atoms with Crippen molar-refractivity contribution < 1.29 is 20.1 Å². The number of aliphatic hydroxyl groups excluding tert-OH is 3. The van der Waals surface area contributed by atoms with Crippen LogP contribution in [-0.2, 0) is 4.79 Å². The molecule has 3 unspecified atom stereocenters. The third kappa shape index (κ3) is 31.5. The van der Waals surface area contributed by atoms with Crippen LogP contribution in [0.2, 0.25) is 0 Å². The Kier molecular flexibility index (Phi) is 35.2. The van der Waals surface area contributed by atoms with E-state index in [2.05, 4.69) is 31.3 Å². The monoisotopic (exact) mass is 638 g/mol. The average molecular weight is 638 g/mol. The summed E-state index contributed by atoms with van der Waals surface area (Å²) in [6.45, 7) is 4.13. The van der Waals surface area contributed by atoms with Gasteiger partial charge in [-0.25, -0.2) is 0 Å². The molecular weight excluding hydrogens is 558 g/mol. The second kappa shape index (κ2) is 35.9. The van der Waals surface area contributed by atoms with Crippen LogP contribution in [0.4, 0.5) is 0 Å². The van der Waals surface area contributed by atoms with Crippen molar-refractivity contribution in [3.05, 3.63) is 12.2 Å². The molecular formula is C40H79NO4. The molecule has 4 N–H and O–H groups in total. The normalized spacial score (nSPS) is 13.8. The van der Waals surface area contributed by atoms with Crippen LogP contribution in [0.1, 0.15) is 213 Å². The molecule has 0 spiro atoms. The van der Waals surface area contributed by atoms with Crippen LogP contribution in [0, 0.1) is 0 Å². The zero-order valence-corrected chi connectivity index (χ0v) is 30.3. The number of rotatable bonds is 36. The largest absolute Gasteiger partial charge is 0.394 e. The Morgan fingerprint density at radius 2 is 0.889 bits per heavy atom. The number of hydrogen-bond acceptors (Lipinski definition) is 4. The molecule has 0 aromatic rings. The molecule has 0 saturated heterocycles. The van der Waals surface area contributed by atoms with Crippen LogP contribution in [-0.4, -0.2) is 46.1 Å². The number of unbranched alkanes of at least 4 members (excludes halogenated alkanes) is 26. The van der Waals surface area contributed by atoms with E-state index in [1.54, 1.807) is 0 Å². The number of hydrogen-bond donors (Lipinski definition) is 4. The van der Waals surface area contributed by atoms with Gasteiger partial charge in [-0.05, 0) is 38.5 Å². The van der Waals surface area contributed by atoms with Crippen LogP contribution in [0.3, 0.4) is 0 Å². The third-order valence-corrected chi connectivity index (χ3v) is 9.37. The lowest BCUT2D eigenvalue weighted by Crippen LogP contribution is -2.50. The smallest absolute Gasteiger partial charge is 0.220 e. The van der Waals surface area contributed by atoms with Crippen LogP contribution in [0.15, 0.2) is 12.2 Å². The van der Waals surface area contributed by atoms with Crippen molar-refractivity contribution in [1.29, 1.82) is 0 Å². The van der Waals surface area contributed by atoms with E-state index in [4.69, 9.17) is 0 Å². The van der Waals surface area contributed by atoms with E-state index in [-0.39, 0.29) is 12.5 Å². The summed E-state index contributed by atoms with van der Waals surface area (Å²) < 4.78 is 0. The number of carbonyl (C=O) groups excluding carboxylic acids is 1. The molecule has 1 amide bonds. The zero-order chi connectivity index (χ0) is 33.1. The fourth-order valence-electron chi connectivity index (χ4n) is 6.22. The summed E-state index contributed by atoms with van der Waals surface area (Å²) in [7, 11) is 0. The first-order valence-electron chi connectivity index (χ1n) is 20.0. The molecule has 45 heavy (non-hydrogen) atoms. The van der Waals surface area contributed by atoms with Crippen molar-refractivity contribution in [3.63, 3.8) is 0 Å². The van der Waals surface area contributed by atoms with Crippen molar-refractivity contribution in [3.8, 4) is 0 Å². The van der Waals surface area contributed by atoms with E-state index in [1.807, 2.05) is 0 Å². The number of allylic oxidation sites excluding steroid dienone is 2. The van der Waals surface area contributed by atoms with E-state index in [0.29, 0.717) is 12.8 Å². The highest BCUT2D eigenvalue weighted by Gasteiger charge is 2.26. The summed E-state index contributed by atoms with van der Waals surface area (Å²) in [6, 6.07) is -0.818. The first-order valence-corrected chi connectivity index (χ1v) is 20.0. The molecule has 0 bridgehead atoms. The minimum Gasteiger partial charge on any atom is -0.394 e. The van der Waals surface area contributed by atoms with Crippen LogP contribution in [0.25, 0.3) is 0 Å². The fraction of sp³-hybridized carbons (Fsp3) is 0.925. The van der Waals surface area contributed by atoms with Gasteiger partial charge in [0.05, 0.1) is 18.8 Å². The van der Waals surface area contributed by atoms with E-state index in [1.165, 1.54) is 148 Å². The van der Waals surface area contributed by atoms with Gasteiger partial charge in [0, 0.05) is 6.42 Å². The molecule has 0 aliphatic carbocycles. The maximum absolute atomic E-state index is 12.4. The van der Waals surface area contributed by atoms with Gasteiger partial charge < -0.3 is 20.6 Å². The lowest BCUT2D eigenvalue weighted by atomic mass is 10.0. The second-order valence-electron chi connectivity index (χ2n) is 13.8. The molecule has 0 rings (SSSR count). The molecule has 0 saturated carbocycles. The topological polar surface area (TPSA) is 89.8 Å². The van der Waals surface area contributed by atoms with Gasteiger partial charge in [-0.1, -0.05) is 180 Å². The number of amides is 1. The summed E-state index contributed by atoms with van der Waals surface area (Å²) >= 11 is 0. The first kappa shape index (κ1) is 44.1. The quantitative estimate of drug-likeness (QED) is 0.0406.